The maximum absolute atomic E-state index is 13.6. The van der Waals surface area contributed by atoms with Crippen molar-refractivity contribution in [1.82, 2.24) is 4.72 Å². The largest absolute Gasteiger partial charge is 0.469 e. The van der Waals surface area contributed by atoms with Crippen molar-refractivity contribution in [2.45, 2.75) is 17.4 Å². The van der Waals surface area contributed by atoms with Crippen LogP contribution in [0, 0.1) is 11.3 Å². The smallest absolute Gasteiger partial charge is 0.310 e. The zero-order chi connectivity index (χ0) is 28.5. The number of nitrogens with two attached hydrogens (primary N) is 1. The molecule has 4 rings (SSSR count). The van der Waals surface area contributed by atoms with E-state index in [0.717, 1.165) is 16.7 Å². The topological polar surface area (TPSA) is 122 Å². The number of methoxy groups -OCH3 is 1. The first kappa shape index (κ1) is 28.5. The number of rotatable bonds is 11. The molecule has 0 bridgehead atoms. The number of esters is 1. The molecule has 204 valence electrons. The summed E-state index contributed by atoms with van der Waals surface area (Å²) in [6.45, 7) is 0. The van der Waals surface area contributed by atoms with Crippen LogP contribution < -0.4 is 10.5 Å². The number of ether oxygens (including phenoxy) is 1. The van der Waals surface area contributed by atoms with Crippen molar-refractivity contribution in [3.63, 3.8) is 0 Å². The van der Waals surface area contributed by atoms with Gasteiger partial charge in [0, 0.05) is 5.56 Å². The van der Waals surface area contributed by atoms with Crippen molar-refractivity contribution in [2.24, 2.45) is 11.7 Å². The molecule has 2 atom stereocenters. The summed E-state index contributed by atoms with van der Waals surface area (Å²) in [5.74, 6) is -1.57. The first-order chi connectivity index (χ1) is 19.3. The normalized spacial score (nSPS) is 13.0. The minimum atomic E-state index is -4.03. The summed E-state index contributed by atoms with van der Waals surface area (Å²) in [5.41, 5.74) is 9.59. The maximum Gasteiger partial charge on any atom is 0.310 e. The van der Waals surface area contributed by atoms with Crippen LogP contribution in [0.5, 0.6) is 0 Å². The molecule has 4 aromatic carbocycles. The molecule has 40 heavy (non-hydrogen) atoms. The van der Waals surface area contributed by atoms with Crippen LogP contribution in [0.25, 0.3) is 17.2 Å². The Balaban J connectivity index is 1.68. The molecular weight excluding hydrogens is 522 g/mol. The van der Waals surface area contributed by atoms with Crippen molar-refractivity contribution in [2.75, 3.05) is 7.11 Å². The van der Waals surface area contributed by atoms with E-state index < -0.39 is 28.0 Å². The average molecular weight is 554 g/mol. The lowest BCUT2D eigenvalue weighted by Gasteiger charge is -2.24. The molecule has 0 aliphatic rings. The quantitative estimate of drug-likeness (QED) is 0.137. The predicted octanol–water partition coefficient (Wildman–Crippen LogP) is 5.03. The molecule has 4 aromatic rings. The van der Waals surface area contributed by atoms with Crippen LogP contribution >= 0.6 is 0 Å². The second kappa shape index (κ2) is 13.0. The summed E-state index contributed by atoms with van der Waals surface area (Å²) in [6, 6.07) is 31.7. The number of hydrogen-bond donors (Lipinski definition) is 3. The van der Waals surface area contributed by atoms with Gasteiger partial charge in [-0.3, -0.25) is 10.2 Å². The molecule has 0 aliphatic heterocycles. The SMILES string of the molecule is COC(=O)C(Cc1cccc(C(=N)N)c1)C(/C=C/c1ccccc1)NS(=O)(=O)c1ccc(-c2ccccc2)cc1. The third-order valence-corrected chi connectivity index (χ3v) is 7.96. The summed E-state index contributed by atoms with van der Waals surface area (Å²) in [6.07, 6.45) is 3.60. The molecule has 0 heterocycles. The zero-order valence-electron chi connectivity index (χ0n) is 22.0. The number of hydrogen-bond acceptors (Lipinski definition) is 5. The monoisotopic (exact) mass is 553 g/mol. The summed E-state index contributed by atoms with van der Waals surface area (Å²) in [7, 11) is -2.75. The zero-order valence-corrected chi connectivity index (χ0v) is 22.8. The number of sulfonamides is 1. The van der Waals surface area contributed by atoms with Crippen LogP contribution in [-0.4, -0.2) is 33.4 Å². The molecule has 0 radical (unpaired) electrons. The van der Waals surface area contributed by atoms with Gasteiger partial charge in [-0.1, -0.05) is 103 Å². The number of amidine groups is 1. The number of benzene rings is 4. The van der Waals surface area contributed by atoms with E-state index in [0.29, 0.717) is 11.1 Å². The molecule has 0 saturated carbocycles. The summed E-state index contributed by atoms with van der Waals surface area (Å²) >= 11 is 0. The highest BCUT2D eigenvalue weighted by Gasteiger charge is 2.32. The minimum absolute atomic E-state index is 0.0764. The molecule has 7 nitrogen and oxygen atoms in total. The van der Waals surface area contributed by atoms with Crippen molar-refractivity contribution < 1.29 is 17.9 Å². The summed E-state index contributed by atoms with van der Waals surface area (Å²) < 4.78 is 35.0. The van der Waals surface area contributed by atoms with Gasteiger partial charge in [0.2, 0.25) is 10.0 Å². The van der Waals surface area contributed by atoms with Gasteiger partial charge < -0.3 is 10.5 Å². The predicted molar refractivity (Wildman–Crippen MR) is 158 cm³/mol. The van der Waals surface area contributed by atoms with Crippen molar-refractivity contribution in [3.8, 4) is 11.1 Å². The molecule has 2 unspecified atom stereocenters. The lowest BCUT2D eigenvalue weighted by Crippen LogP contribution is -2.43. The number of nitrogens with one attached hydrogen (secondary N) is 2. The van der Waals surface area contributed by atoms with Gasteiger partial charge in [0.15, 0.2) is 0 Å². The maximum atomic E-state index is 13.6. The van der Waals surface area contributed by atoms with E-state index in [-0.39, 0.29) is 17.2 Å². The summed E-state index contributed by atoms with van der Waals surface area (Å²) in [4.78, 5) is 13.1. The van der Waals surface area contributed by atoms with Gasteiger partial charge in [0.05, 0.1) is 24.0 Å². The van der Waals surface area contributed by atoms with E-state index in [4.69, 9.17) is 15.9 Å². The van der Waals surface area contributed by atoms with E-state index >= 15 is 0 Å². The highest BCUT2D eigenvalue weighted by atomic mass is 32.2. The standard InChI is InChI=1S/C32H31N3O4S/c1-39-32(36)29(22-24-11-8-14-27(21-24)31(33)34)30(20-15-23-9-4-2-5-10-23)35-40(37,38)28-18-16-26(17-19-28)25-12-6-3-7-13-25/h2-21,29-30,35H,22H2,1H3,(H3,33,34)/b20-15+. The van der Waals surface area contributed by atoms with Crippen molar-refractivity contribution in [3.05, 3.63) is 132 Å². The van der Waals surface area contributed by atoms with Crippen LogP contribution in [0.3, 0.4) is 0 Å². The highest BCUT2D eigenvalue weighted by Crippen LogP contribution is 2.23. The lowest BCUT2D eigenvalue weighted by molar-refractivity contribution is -0.145. The van der Waals surface area contributed by atoms with E-state index in [1.54, 1.807) is 60.7 Å². The van der Waals surface area contributed by atoms with Gasteiger partial charge in [-0.05, 0) is 46.9 Å². The number of nitrogen functional groups attached to an aromatic ring is 1. The molecule has 0 aliphatic carbocycles. The molecule has 8 heteroatoms. The Morgan fingerprint density at radius 2 is 1.52 bits per heavy atom. The third kappa shape index (κ3) is 7.31. The minimum Gasteiger partial charge on any atom is -0.469 e. The second-order valence-electron chi connectivity index (χ2n) is 9.26. The Kier molecular flexibility index (Phi) is 9.27. The molecule has 0 saturated heterocycles. The summed E-state index contributed by atoms with van der Waals surface area (Å²) in [5, 5.41) is 7.75. The molecule has 0 spiro atoms. The van der Waals surface area contributed by atoms with Crippen LogP contribution in [0.4, 0.5) is 0 Å². The Morgan fingerprint density at radius 3 is 2.15 bits per heavy atom. The molecule has 0 aromatic heterocycles. The van der Waals surface area contributed by atoms with Gasteiger partial charge in [0.1, 0.15) is 5.84 Å². The lowest BCUT2D eigenvalue weighted by atomic mass is 9.91. The molecule has 4 N–H and O–H groups in total. The Bertz CT molecular complexity index is 1590. The fourth-order valence-corrected chi connectivity index (χ4v) is 5.60. The van der Waals surface area contributed by atoms with Gasteiger partial charge in [0.25, 0.3) is 0 Å². The molecular formula is C32H31N3O4S. The van der Waals surface area contributed by atoms with Crippen LogP contribution in [0.2, 0.25) is 0 Å². The Labute approximate surface area is 234 Å². The fraction of sp³-hybridized carbons (Fsp3) is 0.125. The fourth-order valence-electron chi connectivity index (χ4n) is 4.37. The van der Waals surface area contributed by atoms with Gasteiger partial charge >= 0.3 is 5.97 Å². The highest BCUT2D eigenvalue weighted by molar-refractivity contribution is 7.89. The second-order valence-corrected chi connectivity index (χ2v) is 11.0. The van der Waals surface area contributed by atoms with Crippen LogP contribution in [-0.2, 0) is 26.0 Å². The van der Waals surface area contributed by atoms with Crippen LogP contribution in [0.1, 0.15) is 16.7 Å². The first-order valence-electron chi connectivity index (χ1n) is 12.7. The van der Waals surface area contributed by atoms with E-state index in [2.05, 4.69) is 4.72 Å². The van der Waals surface area contributed by atoms with E-state index in [1.807, 2.05) is 60.7 Å². The Hall–Kier alpha value is -4.53. The van der Waals surface area contributed by atoms with E-state index in [9.17, 15) is 13.2 Å². The van der Waals surface area contributed by atoms with Crippen LogP contribution in [0.15, 0.2) is 120 Å². The molecule has 0 amide bonds. The van der Waals surface area contributed by atoms with Crippen molar-refractivity contribution in [1.29, 1.82) is 5.41 Å². The van der Waals surface area contributed by atoms with Gasteiger partial charge in [-0.25, -0.2) is 13.1 Å². The number of carbonyl (C=O) groups is 1. The van der Waals surface area contributed by atoms with E-state index in [1.165, 1.54) is 7.11 Å². The average Bonchev–Trinajstić information content (AvgIpc) is 2.99. The number of carbonyl (C=O) groups excluding carboxylic acids is 1. The van der Waals surface area contributed by atoms with Gasteiger partial charge in [-0.15, -0.1) is 0 Å². The van der Waals surface area contributed by atoms with Gasteiger partial charge in [-0.2, -0.15) is 0 Å². The Morgan fingerprint density at radius 1 is 0.900 bits per heavy atom. The third-order valence-electron chi connectivity index (χ3n) is 6.49. The van der Waals surface area contributed by atoms with Crippen molar-refractivity contribution >= 4 is 27.9 Å². The molecule has 0 fully saturated rings. The first-order valence-corrected chi connectivity index (χ1v) is 14.2.